The minimum Gasteiger partial charge on any atom is -0.388 e. The van der Waals surface area contributed by atoms with E-state index in [-0.39, 0.29) is 18.4 Å². The first kappa shape index (κ1) is 17.1. The van der Waals surface area contributed by atoms with Crippen LogP contribution >= 0.6 is 0 Å². The zero-order valence-electron chi connectivity index (χ0n) is 14.3. The zero-order chi connectivity index (χ0) is 17.2. The highest BCUT2D eigenvalue weighted by atomic mass is 16.3. The molecule has 1 amide bonds. The highest BCUT2D eigenvalue weighted by Gasteiger charge is 2.25. The lowest BCUT2D eigenvalue weighted by Gasteiger charge is -2.27. The molecule has 1 atom stereocenters. The number of aliphatic hydroxyl groups is 1. The molecule has 0 saturated heterocycles. The standard InChI is InChI=1S/C17H24N4O2/c1-11(2)17(5,23)10-18-16(22)14-6-8-15(9-7-14)21-13(4)19-12(3)20-21/h6-9,11,23H,10H2,1-5H3,(H,18,22). The molecule has 6 heteroatoms. The Kier molecular flexibility index (Phi) is 4.85. The summed E-state index contributed by atoms with van der Waals surface area (Å²) in [6.07, 6.45) is 0. The van der Waals surface area contributed by atoms with Gasteiger partial charge in [-0.1, -0.05) is 13.8 Å². The lowest BCUT2D eigenvalue weighted by Crippen LogP contribution is -2.44. The molecule has 23 heavy (non-hydrogen) atoms. The van der Waals surface area contributed by atoms with Crippen molar-refractivity contribution in [2.45, 2.75) is 40.2 Å². The summed E-state index contributed by atoms with van der Waals surface area (Å²) in [5.74, 6) is 1.36. The lowest BCUT2D eigenvalue weighted by molar-refractivity contribution is 0.0142. The van der Waals surface area contributed by atoms with E-state index in [9.17, 15) is 9.90 Å². The molecular weight excluding hydrogens is 292 g/mol. The van der Waals surface area contributed by atoms with Gasteiger partial charge in [-0.25, -0.2) is 9.67 Å². The molecule has 1 unspecified atom stereocenters. The molecular formula is C17H24N4O2. The van der Waals surface area contributed by atoms with Crippen LogP contribution in [0.3, 0.4) is 0 Å². The topological polar surface area (TPSA) is 80.0 Å². The van der Waals surface area contributed by atoms with Gasteiger partial charge >= 0.3 is 0 Å². The number of amides is 1. The second-order valence-electron chi connectivity index (χ2n) is 6.36. The predicted molar refractivity (Wildman–Crippen MR) is 88.6 cm³/mol. The van der Waals surface area contributed by atoms with Crippen LogP contribution in [-0.2, 0) is 0 Å². The number of nitrogens with one attached hydrogen (secondary N) is 1. The Bertz CT molecular complexity index is 687. The number of aromatic nitrogens is 3. The van der Waals surface area contributed by atoms with Gasteiger partial charge in [0.2, 0.25) is 0 Å². The van der Waals surface area contributed by atoms with Crippen molar-refractivity contribution in [3.8, 4) is 5.69 Å². The predicted octanol–water partition coefficient (Wildman–Crippen LogP) is 2.02. The van der Waals surface area contributed by atoms with Gasteiger partial charge < -0.3 is 10.4 Å². The van der Waals surface area contributed by atoms with Gasteiger partial charge in [0.05, 0.1) is 11.3 Å². The van der Waals surface area contributed by atoms with E-state index in [1.165, 1.54) is 0 Å². The number of rotatable bonds is 5. The van der Waals surface area contributed by atoms with Crippen LogP contribution in [0.5, 0.6) is 0 Å². The number of benzene rings is 1. The first-order chi connectivity index (χ1) is 10.7. The second kappa shape index (κ2) is 6.50. The lowest BCUT2D eigenvalue weighted by atomic mass is 9.92. The summed E-state index contributed by atoms with van der Waals surface area (Å²) in [6.45, 7) is 9.50. The van der Waals surface area contributed by atoms with Crippen LogP contribution in [-0.4, -0.2) is 37.9 Å². The van der Waals surface area contributed by atoms with E-state index in [0.717, 1.165) is 11.5 Å². The summed E-state index contributed by atoms with van der Waals surface area (Å²) in [7, 11) is 0. The van der Waals surface area contributed by atoms with E-state index >= 15 is 0 Å². The van der Waals surface area contributed by atoms with Gasteiger partial charge in [-0.3, -0.25) is 4.79 Å². The average Bonchev–Trinajstić information content (AvgIpc) is 2.83. The van der Waals surface area contributed by atoms with Gasteiger partial charge in [-0.05, 0) is 51.0 Å². The molecule has 0 aliphatic rings. The molecule has 0 bridgehead atoms. The van der Waals surface area contributed by atoms with Crippen molar-refractivity contribution < 1.29 is 9.90 Å². The molecule has 0 fully saturated rings. The number of carbonyl (C=O) groups is 1. The van der Waals surface area contributed by atoms with E-state index in [2.05, 4.69) is 15.4 Å². The first-order valence-electron chi connectivity index (χ1n) is 7.72. The Balaban J connectivity index is 2.08. The summed E-state index contributed by atoms with van der Waals surface area (Å²) in [5, 5.41) is 17.3. The van der Waals surface area contributed by atoms with Crippen molar-refractivity contribution >= 4 is 5.91 Å². The van der Waals surface area contributed by atoms with Crippen molar-refractivity contribution in [1.29, 1.82) is 0 Å². The molecule has 0 radical (unpaired) electrons. The fourth-order valence-corrected chi connectivity index (χ4v) is 2.08. The van der Waals surface area contributed by atoms with Gasteiger partial charge in [-0.2, -0.15) is 5.10 Å². The average molecular weight is 316 g/mol. The molecule has 1 heterocycles. The van der Waals surface area contributed by atoms with Gasteiger partial charge in [0.25, 0.3) is 5.91 Å². The van der Waals surface area contributed by atoms with Gasteiger partial charge in [0.15, 0.2) is 0 Å². The maximum atomic E-state index is 12.2. The molecule has 124 valence electrons. The van der Waals surface area contributed by atoms with Crippen LogP contribution in [0.1, 0.15) is 42.8 Å². The van der Waals surface area contributed by atoms with E-state index < -0.39 is 5.60 Å². The minimum atomic E-state index is -0.926. The third-order valence-electron chi connectivity index (χ3n) is 4.10. The Hall–Kier alpha value is -2.21. The SMILES string of the molecule is Cc1nc(C)n(-c2ccc(C(=O)NCC(C)(O)C(C)C)cc2)n1. The molecule has 0 aliphatic carbocycles. The number of nitrogens with zero attached hydrogens (tertiary/aromatic N) is 3. The van der Waals surface area contributed by atoms with Crippen LogP contribution in [0.25, 0.3) is 5.69 Å². The van der Waals surface area contributed by atoms with E-state index in [1.54, 1.807) is 23.7 Å². The van der Waals surface area contributed by atoms with E-state index in [1.807, 2.05) is 39.8 Å². The third-order valence-corrected chi connectivity index (χ3v) is 4.10. The minimum absolute atomic E-state index is 0.0590. The maximum Gasteiger partial charge on any atom is 0.251 e. The molecule has 2 rings (SSSR count). The van der Waals surface area contributed by atoms with E-state index in [4.69, 9.17) is 0 Å². The van der Waals surface area contributed by atoms with Crippen molar-refractivity contribution in [3.05, 3.63) is 41.5 Å². The fourth-order valence-electron chi connectivity index (χ4n) is 2.08. The molecule has 0 spiro atoms. The molecule has 0 aliphatic heterocycles. The highest BCUT2D eigenvalue weighted by Crippen LogP contribution is 2.15. The summed E-state index contributed by atoms with van der Waals surface area (Å²) >= 11 is 0. The second-order valence-corrected chi connectivity index (χ2v) is 6.36. The molecule has 2 aromatic rings. The van der Waals surface area contributed by atoms with Crippen LogP contribution < -0.4 is 5.32 Å². The van der Waals surface area contributed by atoms with Crippen molar-refractivity contribution in [1.82, 2.24) is 20.1 Å². The number of hydrogen-bond acceptors (Lipinski definition) is 4. The fraction of sp³-hybridized carbons (Fsp3) is 0.471. The zero-order valence-corrected chi connectivity index (χ0v) is 14.3. The normalized spacial score (nSPS) is 13.9. The monoisotopic (exact) mass is 316 g/mol. The summed E-state index contributed by atoms with van der Waals surface area (Å²) < 4.78 is 1.74. The Morgan fingerprint density at radius 3 is 2.39 bits per heavy atom. The number of aryl methyl sites for hydroxylation is 2. The van der Waals surface area contributed by atoms with Gasteiger partial charge in [0.1, 0.15) is 11.6 Å². The Labute approximate surface area is 136 Å². The molecule has 1 aromatic heterocycles. The van der Waals surface area contributed by atoms with Crippen LogP contribution in [0.15, 0.2) is 24.3 Å². The van der Waals surface area contributed by atoms with Crippen LogP contribution in [0.4, 0.5) is 0 Å². The quantitative estimate of drug-likeness (QED) is 0.884. The molecule has 6 nitrogen and oxygen atoms in total. The third kappa shape index (κ3) is 3.96. The van der Waals surface area contributed by atoms with Crippen LogP contribution in [0, 0.1) is 19.8 Å². The summed E-state index contributed by atoms with van der Waals surface area (Å²) in [4.78, 5) is 16.4. The van der Waals surface area contributed by atoms with Crippen molar-refractivity contribution in [2.24, 2.45) is 5.92 Å². The smallest absolute Gasteiger partial charge is 0.251 e. The molecule has 2 N–H and O–H groups in total. The van der Waals surface area contributed by atoms with Crippen LogP contribution in [0.2, 0.25) is 0 Å². The van der Waals surface area contributed by atoms with Crippen molar-refractivity contribution in [3.63, 3.8) is 0 Å². The summed E-state index contributed by atoms with van der Waals surface area (Å²) in [6, 6.07) is 7.14. The largest absolute Gasteiger partial charge is 0.388 e. The summed E-state index contributed by atoms with van der Waals surface area (Å²) in [5.41, 5.74) is 0.474. The van der Waals surface area contributed by atoms with Gasteiger partial charge in [0, 0.05) is 12.1 Å². The molecule has 0 saturated carbocycles. The van der Waals surface area contributed by atoms with Crippen molar-refractivity contribution in [2.75, 3.05) is 6.54 Å². The van der Waals surface area contributed by atoms with Gasteiger partial charge in [-0.15, -0.1) is 0 Å². The first-order valence-corrected chi connectivity index (χ1v) is 7.72. The van der Waals surface area contributed by atoms with E-state index in [0.29, 0.717) is 11.4 Å². The number of carbonyl (C=O) groups excluding carboxylic acids is 1. The maximum absolute atomic E-state index is 12.2. The Morgan fingerprint density at radius 1 is 1.30 bits per heavy atom. The Morgan fingerprint density at radius 2 is 1.91 bits per heavy atom. The highest BCUT2D eigenvalue weighted by molar-refractivity contribution is 5.94. The molecule has 1 aromatic carbocycles. The number of hydrogen-bond donors (Lipinski definition) is 2.